The topological polar surface area (TPSA) is 61.5 Å². The Bertz CT molecular complexity index is 453. The van der Waals surface area contributed by atoms with Crippen LogP contribution in [0.1, 0.15) is 49.4 Å². The Kier molecular flexibility index (Phi) is 5.27. The van der Waals surface area contributed by atoms with E-state index in [0.29, 0.717) is 36.1 Å². The lowest BCUT2D eigenvalue weighted by Crippen LogP contribution is -2.18. The third-order valence-corrected chi connectivity index (χ3v) is 3.74. The minimum absolute atomic E-state index is 0.352. The third-order valence-electron chi connectivity index (χ3n) is 3.74. The molecule has 0 unspecified atom stereocenters. The van der Waals surface area contributed by atoms with Crippen LogP contribution in [-0.2, 0) is 4.74 Å². The number of anilines is 1. The maximum Gasteiger partial charge on any atom is 0.344 e. The van der Waals surface area contributed by atoms with Crippen molar-refractivity contribution in [1.29, 1.82) is 0 Å². The summed E-state index contributed by atoms with van der Waals surface area (Å²) in [6, 6.07) is 5.22. The highest BCUT2D eigenvalue weighted by Gasteiger charge is 2.20. The van der Waals surface area contributed by atoms with E-state index < -0.39 is 0 Å². The first-order valence-corrected chi connectivity index (χ1v) is 7.40. The number of carbonyl (C=O) groups is 1. The summed E-state index contributed by atoms with van der Waals surface area (Å²) in [6.07, 6.45) is 6.07. The predicted octanol–water partition coefficient (Wildman–Crippen LogP) is 3.40. The normalized spacial score (nSPS) is 15.8. The summed E-state index contributed by atoms with van der Waals surface area (Å²) in [5.74, 6) is 0.617. The van der Waals surface area contributed by atoms with Gasteiger partial charge in [-0.15, -0.1) is 0 Å². The van der Waals surface area contributed by atoms with Crippen molar-refractivity contribution < 1.29 is 14.3 Å². The molecule has 1 aliphatic rings. The molecule has 2 rings (SSSR count). The molecule has 0 heterocycles. The van der Waals surface area contributed by atoms with Gasteiger partial charge in [0.2, 0.25) is 0 Å². The van der Waals surface area contributed by atoms with Gasteiger partial charge in [-0.25, -0.2) is 4.79 Å². The highest BCUT2D eigenvalue weighted by atomic mass is 16.5. The summed E-state index contributed by atoms with van der Waals surface area (Å²) >= 11 is 0. The number of hydrogen-bond donors (Lipinski definition) is 1. The molecule has 0 saturated heterocycles. The number of benzene rings is 1. The van der Waals surface area contributed by atoms with Crippen LogP contribution in [-0.4, -0.2) is 19.2 Å². The lowest BCUT2D eigenvalue weighted by molar-refractivity contribution is 0.0407. The molecule has 110 valence electrons. The van der Waals surface area contributed by atoms with Gasteiger partial charge in [0.25, 0.3) is 0 Å². The summed E-state index contributed by atoms with van der Waals surface area (Å²) in [7, 11) is 0. The lowest BCUT2D eigenvalue weighted by atomic mass is 9.90. The van der Waals surface area contributed by atoms with Crippen molar-refractivity contribution in [1.82, 2.24) is 0 Å². The van der Waals surface area contributed by atoms with Crippen LogP contribution >= 0.6 is 0 Å². The molecule has 1 aliphatic carbocycles. The van der Waals surface area contributed by atoms with E-state index in [0.717, 1.165) is 12.8 Å². The molecule has 0 aromatic heterocycles. The van der Waals surface area contributed by atoms with Crippen LogP contribution in [0.3, 0.4) is 0 Å². The van der Waals surface area contributed by atoms with Gasteiger partial charge in [-0.2, -0.15) is 0 Å². The smallest absolute Gasteiger partial charge is 0.344 e. The fourth-order valence-corrected chi connectivity index (χ4v) is 2.66. The molecule has 4 heteroatoms. The molecule has 1 saturated carbocycles. The van der Waals surface area contributed by atoms with Crippen molar-refractivity contribution in [2.24, 2.45) is 5.92 Å². The zero-order valence-corrected chi connectivity index (χ0v) is 12.1. The van der Waals surface area contributed by atoms with E-state index in [4.69, 9.17) is 15.2 Å². The summed E-state index contributed by atoms with van der Waals surface area (Å²) in [4.78, 5) is 12.2. The van der Waals surface area contributed by atoms with Gasteiger partial charge in [0.05, 0.1) is 13.2 Å². The van der Waals surface area contributed by atoms with E-state index in [1.54, 1.807) is 18.2 Å². The van der Waals surface area contributed by atoms with Gasteiger partial charge in [0.1, 0.15) is 11.3 Å². The Morgan fingerprint density at radius 2 is 2.05 bits per heavy atom. The molecule has 1 aromatic rings. The van der Waals surface area contributed by atoms with Crippen molar-refractivity contribution in [2.75, 3.05) is 18.9 Å². The zero-order chi connectivity index (χ0) is 14.4. The van der Waals surface area contributed by atoms with Crippen LogP contribution < -0.4 is 10.5 Å². The summed E-state index contributed by atoms with van der Waals surface area (Å²) < 4.78 is 10.9. The Hall–Kier alpha value is -1.71. The largest absolute Gasteiger partial charge is 0.493 e. The standard InChI is InChI=1S/C16H23NO3/c1-2-19-14-10-6-9-13(17)15(14)16(18)20-11-12-7-4-3-5-8-12/h6,9-10,12H,2-5,7-8,11,17H2,1H3. The van der Waals surface area contributed by atoms with Gasteiger partial charge in [0, 0.05) is 5.69 Å². The molecule has 0 bridgehead atoms. The number of ether oxygens (including phenoxy) is 2. The minimum atomic E-state index is -0.378. The average Bonchev–Trinajstić information content (AvgIpc) is 2.46. The number of nitrogens with two attached hydrogens (primary N) is 1. The summed E-state index contributed by atoms with van der Waals surface area (Å²) in [6.45, 7) is 2.85. The van der Waals surface area contributed by atoms with Gasteiger partial charge in [-0.05, 0) is 37.8 Å². The fourth-order valence-electron chi connectivity index (χ4n) is 2.66. The Balaban J connectivity index is 2.00. The number of carbonyl (C=O) groups excluding carboxylic acids is 1. The Morgan fingerprint density at radius 1 is 1.30 bits per heavy atom. The molecular weight excluding hydrogens is 254 g/mol. The SMILES string of the molecule is CCOc1cccc(N)c1C(=O)OCC1CCCCC1. The highest BCUT2D eigenvalue weighted by molar-refractivity contribution is 5.98. The van der Waals surface area contributed by atoms with Crippen LogP contribution in [0.25, 0.3) is 0 Å². The maximum absolute atomic E-state index is 12.2. The molecule has 1 fully saturated rings. The third kappa shape index (κ3) is 3.65. The van der Waals surface area contributed by atoms with Gasteiger partial charge in [-0.3, -0.25) is 0 Å². The van der Waals surface area contributed by atoms with Crippen molar-refractivity contribution in [2.45, 2.75) is 39.0 Å². The summed E-state index contributed by atoms with van der Waals surface area (Å²) in [5, 5.41) is 0. The zero-order valence-electron chi connectivity index (χ0n) is 12.1. The molecule has 20 heavy (non-hydrogen) atoms. The quantitative estimate of drug-likeness (QED) is 0.662. The van der Waals surface area contributed by atoms with E-state index in [1.807, 2.05) is 6.92 Å². The number of hydrogen-bond acceptors (Lipinski definition) is 4. The molecule has 2 N–H and O–H groups in total. The summed E-state index contributed by atoms with van der Waals surface area (Å²) in [5.41, 5.74) is 6.64. The Morgan fingerprint density at radius 3 is 2.75 bits per heavy atom. The van der Waals surface area contributed by atoms with E-state index in [9.17, 15) is 4.79 Å². The first-order chi connectivity index (χ1) is 9.72. The van der Waals surface area contributed by atoms with Crippen LogP contribution in [0.15, 0.2) is 18.2 Å². The van der Waals surface area contributed by atoms with Crippen molar-refractivity contribution >= 4 is 11.7 Å². The van der Waals surface area contributed by atoms with E-state index >= 15 is 0 Å². The highest BCUT2D eigenvalue weighted by Crippen LogP contribution is 2.27. The average molecular weight is 277 g/mol. The minimum Gasteiger partial charge on any atom is -0.493 e. The van der Waals surface area contributed by atoms with Gasteiger partial charge < -0.3 is 15.2 Å². The maximum atomic E-state index is 12.2. The van der Waals surface area contributed by atoms with Crippen molar-refractivity contribution in [3.63, 3.8) is 0 Å². The number of rotatable bonds is 5. The molecule has 4 nitrogen and oxygen atoms in total. The molecule has 1 aromatic carbocycles. The molecule has 0 atom stereocenters. The van der Waals surface area contributed by atoms with Gasteiger partial charge in [0.15, 0.2) is 0 Å². The van der Waals surface area contributed by atoms with Crippen molar-refractivity contribution in [3.8, 4) is 5.75 Å². The molecular formula is C16H23NO3. The lowest BCUT2D eigenvalue weighted by Gasteiger charge is -2.21. The van der Waals surface area contributed by atoms with Gasteiger partial charge in [-0.1, -0.05) is 25.3 Å². The molecule has 0 amide bonds. The van der Waals surface area contributed by atoms with E-state index in [2.05, 4.69) is 0 Å². The molecule has 0 radical (unpaired) electrons. The second-order valence-corrected chi connectivity index (χ2v) is 5.26. The van der Waals surface area contributed by atoms with Crippen LogP contribution in [0.2, 0.25) is 0 Å². The first kappa shape index (κ1) is 14.7. The molecule has 0 aliphatic heterocycles. The van der Waals surface area contributed by atoms with Gasteiger partial charge >= 0.3 is 5.97 Å². The van der Waals surface area contributed by atoms with E-state index in [1.165, 1.54) is 19.3 Å². The second kappa shape index (κ2) is 7.17. The van der Waals surface area contributed by atoms with Crippen LogP contribution in [0, 0.1) is 5.92 Å². The number of esters is 1. The van der Waals surface area contributed by atoms with E-state index in [-0.39, 0.29) is 5.97 Å². The Labute approximate surface area is 120 Å². The van der Waals surface area contributed by atoms with Crippen molar-refractivity contribution in [3.05, 3.63) is 23.8 Å². The first-order valence-electron chi connectivity index (χ1n) is 7.40. The monoisotopic (exact) mass is 277 g/mol. The number of nitrogen functional groups attached to an aromatic ring is 1. The predicted molar refractivity (Wildman–Crippen MR) is 78.9 cm³/mol. The van der Waals surface area contributed by atoms with Crippen LogP contribution in [0.4, 0.5) is 5.69 Å². The van der Waals surface area contributed by atoms with Crippen LogP contribution in [0.5, 0.6) is 5.75 Å². The second-order valence-electron chi connectivity index (χ2n) is 5.26. The fraction of sp³-hybridized carbons (Fsp3) is 0.562. The molecule has 0 spiro atoms.